The minimum atomic E-state index is -1.05. The maximum absolute atomic E-state index is 13.5. The van der Waals surface area contributed by atoms with Crippen LogP contribution in [0, 0.1) is 17.2 Å². The fourth-order valence-corrected chi connectivity index (χ4v) is 4.41. The predicted octanol–water partition coefficient (Wildman–Crippen LogP) is 0.287. The molecule has 5 amide bonds. The van der Waals surface area contributed by atoms with Gasteiger partial charge in [0.15, 0.2) is 5.96 Å². The van der Waals surface area contributed by atoms with Gasteiger partial charge in [-0.15, -0.1) is 0 Å². The first-order valence-electron chi connectivity index (χ1n) is 14.6. The molecule has 0 aromatic carbocycles. The number of nitrogens with two attached hydrogens (primary N) is 2. The normalized spacial score (nSPS) is 21.7. The van der Waals surface area contributed by atoms with Crippen molar-refractivity contribution in [3.8, 4) is 0 Å². The van der Waals surface area contributed by atoms with Crippen molar-refractivity contribution in [2.75, 3.05) is 6.54 Å². The predicted molar refractivity (Wildman–Crippen MR) is 157 cm³/mol. The van der Waals surface area contributed by atoms with Gasteiger partial charge >= 0.3 is 0 Å². The quantitative estimate of drug-likeness (QED) is 0.0699. The van der Waals surface area contributed by atoms with E-state index in [4.69, 9.17) is 16.9 Å². The van der Waals surface area contributed by atoms with E-state index in [1.54, 1.807) is 13.8 Å². The van der Waals surface area contributed by atoms with Gasteiger partial charge in [0.2, 0.25) is 29.5 Å². The number of hydrogen-bond acceptors (Lipinski definition) is 6. The standard InChI is InChI=1S/C28H50N8O5/c1-5-18(4)23-27(41)34-19(13-10-8-6-7-9-11-15-21(37)35-23)25(39)33-20(14-12-16-32-28(30)31)26(40)36-22(17(2)3)24(29)38/h8,10,17-20,22-23H,5-7,9,11-16H2,1-4H3,(H2,29,38)(H,33,39)(H,34,41)(H,35,37)(H,36,40)(H4,30,31,32)/b10-8+/t18-,19?,20+,22+,23+/m1/s1. The molecule has 0 fully saturated rings. The number of allylic oxidation sites excluding steroid dienone is 1. The number of carbonyl (C=O) groups is 5. The summed E-state index contributed by atoms with van der Waals surface area (Å²) in [7, 11) is 0. The summed E-state index contributed by atoms with van der Waals surface area (Å²) in [5.74, 6) is -3.21. The molecule has 0 radical (unpaired) electrons. The van der Waals surface area contributed by atoms with Crippen molar-refractivity contribution in [2.45, 2.75) is 110 Å². The molecule has 13 heteroatoms. The van der Waals surface area contributed by atoms with Crippen molar-refractivity contribution in [2.24, 2.45) is 23.3 Å². The lowest BCUT2D eigenvalue weighted by molar-refractivity contribution is -0.135. The van der Waals surface area contributed by atoms with Crippen LogP contribution in [0.2, 0.25) is 0 Å². The molecule has 0 aliphatic carbocycles. The Labute approximate surface area is 243 Å². The number of rotatable bonds is 12. The van der Waals surface area contributed by atoms with Gasteiger partial charge in [-0.25, -0.2) is 0 Å². The maximum atomic E-state index is 13.5. The van der Waals surface area contributed by atoms with Crippen molar-refractivity contribution in [1.29, 1.82) is 5.41 Å². The molecule has 0 saturated heterocycles. The van der Waals surface area contributed by atoms with Gasteiger partial charge in [0, 0.05) is 13.0 Å². The molecule has 13 nitrogen and oxygen atoms in total. The Morgan fingerprint density at radius 1 is 1.05 bits per heavy atom. The molecule has 0 bridgehead atoms. The van der Waals surface area contributed by atoms with E-state index in [2.05, 4.69) is 26.6 Å². The van der Waals surface area contributed by atoms with Crippen LogP contribution >= 0.6 is 0 Å². The van der Waals surface area contributed by atoms with Crippen LogP contribution in [0.5, 0.6) is 0 Å². The number of hydrogen-bond donors (Lipinski definition) is 8. The van der Waals surface area contributed by atoms with Crippen molar-refractivity contribution >= 4 is 35.5 Å². The molecule has 1 unspecified atom stereocenters. The summed E-state index contributed by atoms with van der Waals surface area (Å²) in [6.45, 7) is 7.55. The van der Waals surface area contributed by atoms with Gasteiger partial charge in [-0.05, 0) is 50.4 Å². The third-order valence-electron chi connectivity index (χ3n) is 7.15. The topological polar surface area (TPSA) is 221 Å². The van der Waals surface area contributed by atoms with Crippen molar-refractivity contribution in [3.05, 3.63) is 12.2 Å². The zero-order chi connectivity index (χ0) is 30.9. The third-order valence-corrected chi connectivity index (χ3v) is 7.15. The SMILES string of the molecule is CC[C@@H](C)[C@@H]1NC(=O)CCCCC/C=C/CC(C(=O)N[C@@H](CCCNC(=N)N)C(=O)N[C@H](C(N)=O)C(C)C)NC1=O. The minimum Gasteiger partial charge on any atom is -0.370 e. The smallest absolute Gasteiger partial charge is 0.243 e. The van der Waals surface area contributed by atoms with Gasteiger partial charge in [-0.3, -0.25) is 29.4 Å². The highest BCUT2D eigenvalue weighted by Gasteiger charge is 2.32. The molecular weight excluding hydrogens is 528 g/mol. The molecule has 1 rings (SSSR count). The summed E-state index contributed by atoms with van der Waals surface area (Å²) in [6.07, 6.45) is 8.76. The lowest BCUT2D eigenvalue weighted by atomic mass is 9.97. The van der Waals surface area contributed by atoms with Gasteiger partial charge in [0.05, 0.1) is 0 Å². The first-order chi connectivity index (χ1) is 19.4. The average Bonchev–Trinajstić information content (AvgIpc) is 2.90. The second-order valence-corrected chi connectivity index (χ2v) is 11.0. The molecule has 1 aliphatic heterocycles. The number of carbonyl (C=O) groups excluding carboxylic acids is 5. The summed E-state index contributed by atoms with van der Waals surface area (Å²) in [6, 6.07) is -3.80. The molecule has 232 valence electrons. The molecule has 1 aliphatic rings. The molecule has 1 heterocycles. The van der Waals surface area contributed by atoms with E-state index in [-0.39, 0.29) is 43.1 Å². The zero-order valence-electron chi connectivity index (χ0n) is 24.9. The van der Waals surface area contributed by atoms with Crippen LogP contribution < -0.4 is 38.1 Å². The first kappa shape index (κ1) is 35.4. The molecule has 0 saturated carbocycles. The lowest BCUT2D eigenvalue weighted by Crippen LogP contribution is -2.59. The molecule has 5 atom stereocenters. The zero-order valence-corrected chi connectivity index (χ0v) is 24.9. The molecule has 41 heavy (non-hydrogen) atoms. The monoisotopic (exact) mass is 578 g/mol. The maximum Gasteiger partial charge on any atom is 0.243 e. The molecule has 0 spiro atoms. The summed E-state index contributed by atoms with van der Waals surface area (Å²) >= 11 is 0. The number of amides is 5. The Hall–Kier alpha value is -3.64. The Kier molecular flexibility index (Phi) is 16.1. The van der Waals surface area contributed by atoms with Crippen LogP contribution in [0.1, 0.15) is 85.5 Å². The molecule has 0 aromatic heterocycles. The Morgan fingerprint density at radius 3 is 2.37 bits per heavy atom. The van der Waals surface area contributed by atoms with Crippen LogP contribution in [0.15, 0.2) is 12.2 Å². The summed E-state index contributed by atoms with van der Waals surface area (Å²) in [4.78, 5) is 64.5. The second kappa shape index (κ2) is 18.7. The van der Waals surface area contributed by atoms with E-state index in [0.717, 1.165) is 25.7 Å². The number of nitrogens with one attached hydrogen (secondary N) is 6. The van der Waals surface area contributed by atoms with E-state index in [9.17, 15) is 24.0 Å². The van der Waals surface area contributed by atoms with E-state index in [0.29, 0.717) is 19.3 Å². The van der Waals surface area contributed by atoms with Gasteiger partial charge in [0.1, 0.15) is 24.2 Å². The van der Waals surface area contributed by atoms with Crippen molar-refractivity contribution < 1.29 is 24.0 Å². The van der Waals surface area contributed by atoms with Crippen LogP contribution in [-0.4, -0.2) is 66.2 Å². The molecular formula is C28H50N8O5. The van der Waals surface area contributed by atoms with Crippen molar-refractivity contribution in [3.63, 3.8) is 0 Å². The Morgan fingerprint density at radius 2 is 1.76 bits per heavy atom. The highest BCUT2D eigenvalue weighted by molar-refractivity contribution is 5.95. The molecule has 0 aromatic rings. The first-order valence-corrected chi connectivity index (χ1v) is 14.6. The van der Waals surface area contributed by atoms with E-state index in [1.807, 2.05) is 26.0 Å². The fourth-order valence-electron chi connectivity index (χ4n) is 4.41. The highest BCUT2D eigenvalue weighted by atomic mass is 16.2. The van der Waals surface area contributed by atoms with Gasteiger partial charge in [0.25, 0.3) is 0 Å². The summed E-state index contributed by atoms with van der Waals surface area (Å²) < 4.78 is 0. The van der Waals surface area contributed by atoms with Crippen LogP contribution in [-0.2, 0) is 24.0 Å². The summed E-state index contributed by atoms with van der Waals surface area (Å²) in [5.41, 5.74) is 10.8. The van der Waals surface area contributed by atoms with Crippen LogP contribution in [0.3, 0.4) is 0 Å². The van der Waals surface area contributed by atoms with E-state index in [1.165, 1.54) is 0 Å². The number of guanidine groups is 1. The highest BCUT2D eigenvalue weighted by Crippen LogP contribution is 2.12. The summed E-state index contributed by atoms with van der Waals surface area (Å²) in [5, 5.41) is 20.9. The van der Waals surface area contributed by atoms with Gasteiger partial charge in [-0.2, -0.15) is 0 Å². The fraction of sp³-hybridized carbons (Fsp3) is 0.714. The van der Waals surface area contributed by atoms with E-state index < -0.39 is 47.8 Å². The van der Waals surface area contributed by atoms with Gasteiger partial charge < -0.3 is 38.1 Å². The lowest BCUT2D eigenvalue weighted by Gasteiger charge is -2.28. The molecule has 10 N–H and O–H groups in total. The number of primary amides is 1. The average molecular weight is 579 g/mol. The largest absolute Gasteiger partial charge is 0.370 e. The minimum absolute atomic E-state index is 0.167. The van der Waals surface area contributed by atoms with Crippen LogP contribution in [0.25, 0.3) is 0 Å². The van der Waals surface area contributed by atoms with Crippen LogP contribution in [0.4, 0.5) is 0 Å². The van der Waals surface area contributed by atoms with Gasteiger partial charge in [-0.1, -0.05) is 52.7 Å². The Balaban J connectivity index is 3.19. The van der Waals surface area contributed by atoms with Crippen molar-refractivity contribution in [1.82, 2.24) is 26.6 Å². The third kappa shape index (κ3) is 13.5. The Bertz CT molecular complexity index is 938. The van der Waals surface area contributed by atoms with E-state index >= 15 is 0 Å². The second-order valence-electron chi connectivity index (χ2n) is 11.0.